The van der Waals surface area contributed by atoms with Gasteiger partial charge >= 0.3 is 0 Å². The molecular weight excluding hydrogens is 335 g/mol. The van der Waals surface area contributed by atoms with Crippen molar-refractivity contribution < 1.29 is 12.8 Å². The fourth-order valence-corrected chi connectivity index (χ4v) is 2.40. The van der Waals surface area contributed by atoms with Crippen LogP contribution in [0.15, 0.2) is 23.4 Å². The van der Waals surface area contributed by atoms with Gasteiger partial charge < -0.3 is 5.73 Å². The van der Waals surface area contributed by atoms with Crippen LogP contribution in [0.5, 0.6) is 0 Å². The van der Waals surface area contributed by atoms with Gasteiger partial charge in [-0.3, -0.25) is 0 Å². The first-order valence-electron chi connectivity index (χ1n) is 5.81. The van der Waals surface area contributed by atoms with Crippen LogP contribution in [0.1, 0.15) is 0 Å². The summed E-state index contributed by atoms with van der Waals surface area (Å²) >= 11 is 5.68. The summed E-state index contributed by atoms with van der Waals surface area (Å²) in [6.07, 6.45) is 0.939. The summed E-state index contributed by atoms with van der Waals surface area (Å²) < 4.78 is 37.9. The summed E-state index contributed by atoms with van der Waals surface area (Å²) in [5.41, 5.74) is 5.72. The van der Waals surface area contributed by atoms with Crippen molar-refractivity contribution >= 4 is 33.2 Å². The van der Waals surface area contributed by atoms with Crippen LogP contribution in [0.4, 0.5) is 10.3 Å². The van der Waals surface area contributed by atoms with Gasteiger partial charge in [-0.2, -0.15) is 19.5 Å². The summed E-state index contributed by atoms with van der Waals surface area (Å²) in [5.74, 6) is -0.963. The Kier molecular flexibility index (Phi) is 3.22. The van der Waals surface area contributed by atoms with Crippen LogP contribution in [0, 0.1) is 5.82 Å². The standard InChI is InChI=1S/C11H8ClFN6O2S/c1-22(20,21)11-16-9(14)19-10(17-11)15-8(18-19)6-3-2-5(12)4-7(6)13/h2-4H,1H3,(H2,14,15,16,17,18). The third kappa shape index (κ3) is 2.46. The van der Waals surface area contributed by atoms with Crippen LogP contribution < -0.4 is 5.73 Å². The highest BCUT2D eigenvalue weighted by molar-refractivity contribution is 7.90. The van der Waals surface area contributed by atoms with E-state index in [4.69, 9.17) is 17.3 Å². The molecule has 0 amide bonds. The van der Waals surface area contributed by atoms with Gasteiger partial charge in [0.1, 0.15) is 5.82 Å². The lowest BCUT2D eigenvalue weighted by Gasteiger charge is -1.99. The number of hydrogen-bond donors (Lipinski definition) is 1. The molecule has 0 unspecified atom stereocenters. The quantitative estimate of drug-likeness (QED) is 0.737. The van der Waals surface area contributed by atoms with Gasteiger partial charge in [-0.25, -0.2) is 12.8 Å². The normalized spacial score (nSPS) is 12.0. The minimum absolute atomic E-state index is 0.0131. The predicted molar refractivity (Wildman–Crippen MR) is 76.5 cm³/mol. The number of nitrogens with zero attached hydrogens (tertiary/aromatic N) is 5. The van der Waals surface area contributed by atoms with E-state index in [0.29, 0.717) is 0 Å². The van der Waals surface area contributed by atoms with E-state index in [1.165, 1.54) is 12.1 Å². The van der Waals surface area contributed by atoms with E-state index in [1.54, 1.807) is 0 Å². The zero-order chi connectivity index (χ0) is 16.1. The SMILES string of the molecule is CS(=O)(=O)c1nc(N)n2nc(-c3ccc(Cl)cc3F)nc2n1. The first-order chi connectivity index (χ1) is 10.3. The van der Waals surface area contributed by atoms with E-state index >= 15 is 0 Å². The molecule has 0 atom stereocenters. The minimum atomic E-state index is -3.66. The molecule has 1 aromatic carbocycles. The van der Waals surface area contributed by atoms with E-state index in [1.807, 2.05) is 0 Å². The Morgan fingerprint density at radius 2 is 2.00 bits per heavy atom. The largest absolute Gasteiger partial charge is 0.368 e. The minimum Gasteiger partial charge on any atom is -0.368 e. The van der Waals surface area contributed by atoms with Gasteiger partial charge in [0.2, 0.25) is 15.8 Å². The van der Waals surface area contributed by atoms with Crippen molar-refractivity contribution in [2.75, 3.05) is 12.0 Å². The number of benzene rings is 1. The van der Waals surface area contributed by atoms with Gasteiger partial charge in [0.25, 0.3) is 10.9 Å². The monoisotopic (exact) mass is 342 g/mol. The van der Waals surface area contributed by atoms with Crippen molar-refractivity contribution in [2.24, 2.45) is 0 Å². The average molecular weight is 343 g/mol. The molecule has 11 heteroatoms. The van der Waals surface area contributed by atoms with Crippen LogP contribution in [0.2, 0.25) is 5.02 Å². The van der Waals surface area contributed by atoms with Gasteiger partial charge in [0.05, 0.1) is 5.56 Å². The summed E-state index contributed by atoms with van der Waals surface area (Å²) in [7, 11) is -3.66. The van der Waals surface area contributed by atoms with Gasteiger partial charge in [0.15, 0.2) is 5.82 Å². The molecule has 0 aliphatic heterocycles. The number of rotatable bonds is 2. The highest BCUT2D eigenvalue weighted by atomic mass is 35.5. The number of anilines is 1. The summed E-state index contributed by atoms with van der Waals surface area (Å²) in [5, 5.41) is 3.72. The van der Waals surface area contributed by atoms with E-state index in [-0.39, 0.29) is 28.1 Å². The molecule has 2 aromatic heterocycles. The van der Waals surface area contributed by atoms with Crippen molar-refractivity contribution in [3.05, 3.63) is 29.0 Å². The number of halogens is 2. The van der Waals surface area contributed by atoms with Crippen LogP contribution in [0.3, 0.4) is 0 Å². The lowest BCUT2D eigenvalue weighted by Crippen LogP contribution is -2.11. The second-order valence-electron chi connectivity index (χ2n) is 4.41. The second-order valence-corrected chi connectivity index (χ2v) is 6.75. The Hall–Kier alpha value is -2.33. The Morgan fingerprint density at radius 3 is 2.64 bits per heavy atom. The first-order valence-corrected chi connectivity index (χ1v) is 8.08. The number of nitrogen functional groups attached to an aromatic ring is 1. The fourth-order valence-electron chi connectivity index (χ4n) is 1.74. The Bertz CT molecular complexity index is 1000. The fraction of sp³-hybridized carbons (Fsp3) is 0.0909. The van der Waals surface area contributed by atoms with Crippen LogP contribution >= 0.6 is 11.6 Å². The van der Waals surface area contributed by atoms with Crippen LogP contribution in [-0.2, 0) is 9.84 Å². The molecule has 0 aliphatic rings. The van der Waals surface area contributed by atoms with Crippen molar-refractivity contribution in [3.63, 3.8) is 0 Å². The third-order valence-corrected chi connectivity index (χ3v) is 3.80. The van der Waals surface area contributed by atoms with Gasteiger partial charge in [-0.05, 0) is 18.2 Å². The predicted octanol–water partition coefficient (Wildman–Crippen LogP) is 0.965. The molecule has 3 rings (SSSR count). The van der Waals surface area contributed by atoms with Crippen LogP contribution in [-0.4, -0.2) is 39.2 Å². The van der Waals surface area contributed by atoms with E-state index < -0.39 is 20.8 Å². The second kappa shape index (κ2) is 4.85. The van der Waals surface area contributed by atoms with E-state index in [0.717, 1.165) is 16.8 Å². The molecule has 0 radical (unpaired) electrons. The molecule has 0 saturated heterocycles. The van der Waals surface area contributed by atoms with E-state index in [2.05, 4.69) is 20.1 Å². The topological polar surface area (TPSA) is 116 Å². The molecule has 0 aliphatic carbocycles. The summed E-state index contributed by atoms with van der Waals surface area (Å²) in [4.78, 5) is 11.4. The number of sulfone groups is 1. The Labute approximate surface area is 128 Å². The molecule has 2 heterocycles. The summed E-state index contributed by atoms with van der Waals surface area (Å²) in [6.45, 7) is 0. The average Bonchev–Trinajstić information content (AvgIpc) is 2.81. The molecule has 0 fully saturated rings. The molecular formula is C11H8ClFN6O2S. The van der Waals surface area contributed by atoms with Gasteiger partial charge in [-0.15, -0.1) is 5.10 Å². The molecule has 2 N–H and O–H groups in total. The molecule has 22 heavy (non-hydrogen) atoms. The molecule has 0 saturated carbocycles. The van der Waals surface area contributed by atoms with Crippen molar-refractivity contribution in [3.8, 4) is 11.4 Å². The van der Waals surface area contributed by atoms with Crippen molar-refractivity contribution in [2.45, 2.75) is 5.16 Å². The molecule has 114 valence electrons. The lowest BCUT2D eigenvalue weighted by atomic mass is 10.2. The zero-order valence-corrected chi connectivity index (χ0v) is 12.6. The van der Waals surface area contributed by atoms with Gasteiger partial charge in [0, 0.05) is 11.3 Å². The molecule has 8 nitrogen and oxygen atoms in total. The maximum atomic E-state index is 13.9. The smallest absolute Gasteiger partial charge is 0.258 e. The maximum Gasteiger partial charge on any atom is 0.258 e. The van der Waals surface area contributed by atoms with Crippen molar-refractivity contribution in [1.82, 2.24) is 24.6 Å². The van der Waals surface area contributed by atoms with E-state index in [9.17, 15) is 12.8 Å². The molecule has 3 aromatic rings. The van der Waals surface area contributed by atoms with Crippen LogP contribution in [0.25, 0.3) is 17.2 Å². The Morgan fingerprint density at radius 1 is 1.27 bits per heavy atom. The number of nitrogens with two attached hydrogens (primary N) is 1. The highest BCUT2D eigenvalue weighted by Gasteiger charge is 2.19. The Balaban J connectivity index is 2.24. The number of hydrogen-bond acceptors (Lipinski definition) is 7. The zero-order valence-electron chi connectivity index (χ0n) is 11.0. The van der Waals surface area contributed by atoms with Crippen molar-refractivity contribution in [1.29, 1.82) is 0 Å². The molecule has 0 spiro atoms. The number of aromatic nitrogens is 5. The first kappa shape index (κ1) is 14.6. The number of fused-ring (bicyclic) bond motifs is 1. The highest BCUT2D eigenvalue weighted by Crippen LogP contribution is 2.23. The molecule has 0 bridgehead atoms. The maximum absolute atomic E-state index is 13.9. The van der Waals surface area contributed by atoms with Gasteiger partial charge in [-0.1, -0.05) is 11.6 Å². The third-order valence-electron chi connectivity index (χ3n) is 2.72. The summed E-state index contributed by atoms with van der Waals surface area (Å²) in [6, 6.07) is 3.98. The lowest BCUT2D eigenvalue weighted by molar-refractivity contribution is 0.592.